The molecule has 2 aromatic carbocycles. The fourth-order valence-corrected chi connectivity index (χ4v) is 3.62. The predicted octanol–water partition coefficient (Wildman–Crippen LogP) is 3.89. The molecular weight excluding hydrogens is 406 g/mol. The van der Waals surface area contributed by atoms with Gasteiger partial charge in [-0.1, -0.05) is 29.8 Å². The summed E-state index contributed by atoms with van der Waals surface area (Å²) in [5.74, 6) is 0.345. The van der Waals surface area contributed by atoms with Crippen molar-refractivity contribution in [3.63, 3.8) is 0 Å². The molecule has 0 saturated heterocycles. The Morgan fingerprint density at radius 1 is 1.12 bits per heavy atom. The Morgan fingerprint density at radius 2 is 1.88 bits per heavy atom. The zero-order valence-electron chi connectivity index (χ0n) is 18.0. The summed E-state index contributed by atoms with van der Waals surface area (Å²) < 4.78 is 5.86. The first-order valence-electron chi connectivity index (χ1n) is 10.7. The van der Waals surface area contributed by atoms with Crippen LogP contribution in [0.3, 0.4) is 0 Å². The molecule has 7 heteroatoms. The number of nitrogens with zero attached hydrogens (tertiary/aromatic N) is 3. The maximum atomic E-state index is 12.7. The molecule has 0 spiro atoms. The number of ether oxygens (including phenoxy) is 1. The highest BCUT2D eigenvalue weighted by Gasteiger charge is 2.26. The van der Waals surface area contributed by atoms with E-state index < -0.39 is 5.97 Å². The third kappa shape index (κ3) is 5.11. The van der Waals surface area contributed by atoms with E-state index in [-0.39, 0.29) is 12.3 Å². The number of aromatic nitrogens is 2. The Hall–Kier alpha value is -3.74. The summed E-state index contributed by atoms with van der Waals surface area (Å²) in [7, 11) is 0. The highest BCUT2D eigenvalue weighted by molar-refractivity contribution is 5.96. The summed E-state index contributed by atoms with van der Waals surface area (Å²) in [5.41, 5.74) is 4.41. The van der Waals surface area contributed by atoms with E-state index >= 15 is 0 Å². The average Bonchev–Trinajstić information content (AvgIpc) is 2.80. The summed E-state index contributed by atoms with van der Waals surface area (Å²) in [4.78, 5) is 34.1. The second kappa shape index (κ2) is 9.60. The largest absolute Gasteiger partial charge is 0.489 e. The van der Waals surface area contributed by atoms with Crippen LogP contribution in [-0.4, -0.2) is 44.9 Å². The van der Waals surface area contributed by atoms with Crippen LogP contribution in [0, 0.1) is 6.92 Å². The Bertz CT molecular complexity index is 1110. The lowest BCUT2D eigenvalue weighted by Gasteiger charge is -2.27. The van der Waals surface area contributed by atoms with Crippen molar-refractivity contribution in [2.24, 2.45) is 0 Å². The predicted molar refractivity (Wildman–Crippen MR) is 119 cm³/mol. The van der Waals surface area contributed by atoms with Gasteiger partial charge < -0.3 is 14.7 Å². The van der Waals surface area contributed by atoms with Crippen molar-refractivity contribution in [2.45, 2.75) is 32.8 Å². The normalized spacial score (nSPS) is 13.0. The van der Waals surface area contributed by atoms with E-state index in [1.807, 2.05) is 24.3 Å². The molecule has 0 fully saturated rings. The second-order valence-corrected chi connectivity index (χ2v) is 7.89. The summed E-state index contributed by atoms with van der Waals surface area (Å²) in [6.45, 7) is 3.52. The highest BCUT2D eigenvalue weighted by atomic mass is 16.5. The first-order valence-corrected chi connectivity index (χ1v) is 10.7. The number of aryl methyl sites for hydroxylation is 1. The van der Waals surface area contributed by atoms with Crippen LogP contribution in [0.5, 0.6) is 5.75 Å². The molecule has 3 aromatic rings. The maximum absolute atomic E-state index is 12.7. The van der Waals surface area contributed by atoms with E-state index in [1.165, 1.54) is 5.56 Å². The van der Waals surface area contributed by atoms with E-state index in [9.17, 15) is 9.59 Å². The third-order valence-corrected chi connectivity index (χ3v) is 5.46. The van der Waals surface area contributed by atoms with Crippen LogP contribution in [-0.2, 0) is 17.8 Å². The molecule has 1 N–H and O–H groups in total. The first-order chi connectivity index (χ1) is 15.5. The highest BCUT2D eigenvalue weighted by Crippen LogP contribution is 2.23. The number of fused-ring (bicyclic) bond motifs is 1. The lowest BCUT2D eigenvalue weighted by Crippen LogP contribution is -2.39. The van der Waals surface area contributed by atoms with Crippen LogP contribution >= 0.6 is 0 Å². The molecule has 0 radical (unpaired) electrons. The summed E-state index contributed by atoms with van der Waals surface area (Å²) >= 11 is 0. The fraction of sp³-hybridized carbons (Fsp3) is 0.280. The second-order valence-electron chi connectivity index (χ2n) is 7.89. The molecule has 1 aliphatic heterocycles. The first kappa shape index (κ1) is 21.5. The van der Waals surface area contributed by atoms with E-state index in [2.05, 4.69) is 41.2 Å². The number of carbonyl (C=O) groups is 2. The minimum absolute atomic E-state index is 0.0524. The van der Waals surface area contributed by atoms with Crippen LogP contribution in [0.15, 0.2) is 54.7 Å². The zero-order chi connectivity index (χ0) is 22.5. The number of hydrogen-bond donors (Lipinski definition) is 1. The molecule has 4 rings (SSSR count). The minimum atomic E-state index is -0.852. The van der Waals surface area contributed by atoms with Crippen molar-refractivity contribution in [1.82, 2.24) is 14.9 Å². The van der Waals surface area contributed by atoms with Crippen LogP contribution in [0.25, 0.3) is 11.4 Å². The van der Waals surface area contributed by atoms with Gasteiger partial charge in [0.2, 0.25) is 0 Å². The van der Waals surface area contributed by atoms with Gasteiger partial charge in [-0.15, -0.1) is 0 Å². The zero-order valence-corrected chi connectivity index (χ0v) is 18.0. The molecule has 0 aliphatic carbocycles. The standard InChI is InChI=1S/C25H25N3O4/c1-17-4-6-18(7-5-17)16-32-20-10-8-19(9-11-20)24-26-15-21-22(27-24)12-14-28(25(21)31)13-2-3-23(29)30/h4-11,15H,2-3,12-14,16H2,1H3,(H,29,30). The summed E-state index contributed by atoms with van der Waals surface area (Å²) in [5, 5.41) is 8.78. The number of rotatable bonds is 8. The number of amides is 1. The van der Waals surface area contributed by atoms with Gasteiger partial charge in [-0.2, -0.15) is 0 Å². The van der Waals surface area contributed by atoms with Crippen LogP contribution in [0.1, 0.15) is 40.0 Å². The molecule has 0 atom stereocenters. The molecule has 164 valence electrons. The Kier molecular flexibility index (Phi) is 6.44. The molecule has 32 heavy (non-hydrogen) atoms. The topological polar surface area (TPSA) is 92.6 Å². The molecule has 1 amide bonds. The smallest absolute Gasteiger partial charge is 0.303 e. The maximum Gasteiger partial charge on any atom is 0.303 e. The molecule has 0 unspecified atom stereocenters. The van der Waals surface area contributed by atoms with Gasteiger partial charge in [0.15, 0.2) is 5.82 Å². The molecule has 2 heterocycles. The number of carboxylic acids is 1. The molecule has 0 saturated carbocycles. The molecule has 1 aromatic heterocycles. The van der Waals surface area contributed by atoms with Crippen molar-refractivity contribution in [1.29, 1.82) is 0 Å². The van der Waals surface area contributed by atoms with Crippen LogP contribution < -0.4 is 4.74 Å². The van der Waals surface area contributed by atoms with Crippen molar-refractivity contribution in [3.8, 4) is 17.1 Å². The van der Waals surface area contributed by atoms with Crippen molar-refractivity contribution < 1.29 is 19.4 Å². The lowest BCUT2D eigenvalue weighted by molar-refractivity contribution is -0.137. The number of hydrogen-bond acceptors (Lipinski definition) is 5. The van der Waals surface area contributed by atoms with Gasteiger partial charge in [0.25, 0.3) is 5.91 Å². The Labute approximate surface area is 186 Å². The molecule has 1 aliphatic rings. The van der Waals surface area contributed by atoms with Gasteiger partial charge in [0.05, 0.1) is 11.3 Å². The molecule has 7 nitrogen and oxygen atoms in total. The van der Waals surface area contributed by atoms with E-state index in [0.29, 0.717) is 43.9 Å². The third-order valence-electron chi connectivity index (χ3n) is 5.46. The van der Waals surface area contributed by atoms with Gasteiger partial charge in [-0.25, -0.2) is 9.97 Å². The van der Waals surface area contributed by atoms with Gasteiger partial charge in [-0.05, 0) is 43.2 Å². The minimum Gasteiger partial charge on any atom is -0.489 e. The van der Waals surface area contributed by atoms with Crippen LogP contribution in [0.4, 0.5) is 0 Å². The lowest BCUT2D eigenvalue weighted by atomic mass is 10.1. The molecule has 0 bridgehead atoms. The van der Waals surface area contributed by atoms with Crippen molar-refractivity contribution >= 4 is 11.9 Å². The van der Waals surface area contributed by atoms with Gasteiger partial charge in [0, 0.05) is 37.7 Å². The number of aliphatic carboxylic acids is 1. The number of carboxylic acid groups (broad SMARTS) is 1. The average molecular weight is 431 g/mol. The van der Waals surface area contributed by atoms with Crippen LogP contribution in [0.2, 0.25) is 0 Å². The summed E-state index contributed by atoms with van der Waals surface area (Å²) in [6.07, 6.45) is 2.69. The van der Waals surface area contributed by atoms with Crippen molar-refractivity contribution in [3.05, 3.63) is 77.1 Å². The Balaban J connectivity index is 1.40. The summed E-state index contributed by atoms with van der Waals surface area (Å²) in [6, 6.07) is 15.8. The fourth-order valence-electron chi connectivity index (χ4n) is 3.62. The van der Waals surface area contributed by atoms with E-state index in [1.54, 1.807) is 11.1 Å². The number of carbonyl (C=O) groups excluding carboxylic acids is 1. The van der Waals surface area contributed by atoms with Gasteiger partial charge in [-0.3, -0.25) is 9.59 Å². The quantitative estimate of drug-likeness (QED) is 0.582. The SMILES string of the molecule is Cc1ccc(COc2ccc(-c3ncc4c(n3)CCN(CCCC(=O)O)C4=O)cc2)cc1. The Morgan fingerprint density at radius 3 is 2.59 bits per heavy atom. The van der Waals surface area contributed by atoms with Crippen molar-refractivity contribution in [2.75, 3.05) is 13.1 Å². The van der Waals surface area contributed by atoms with E-state index in [4.69, 9.17) is 9.84 Å². The molecular formula is C25H25N3O4. The van der Waals surface area contributed by atoms with Gasteiger partial charge in [0.1, 0.15) is 12.4 Å². The number of benzene rings is 2. The monoisotopic (exact) mass is 431 g/mol. The van der Waals surface area contributed by atoms with Gasteiger partial charge >= 0.3 is 5.97 Å². The van der Waals surface area contributed by atoms with E-state index in [0.717, 1.165) is 22.6 Å².